The molecule has 0 aliphatic rings. The van der Waals surface area contributed by atoms with E-state index >= 15 is 0 Å². The van der Waals surface area contributed by atoms with Gasteiger partial charge in [-0.25, -0.2) is 4.99 Å². The summed E-state index contributed by atoms with van der Waals surface area (Å²) in [6, 6.07) is 21.8. The number of guanidine groups is 1. The molecule has 0 radical (unpaired) electrons. The number of hydrogen-bond donors (Lipinski definition) is 2. The Labute approximate surface area is 159 Å². The van der Waals surface area contributed by atoms with E-state index < -0.39 is 0 Å². The van der Waals surface area contributed by atoms with E-state index in [2.05, 4.69) is 34.3 Å². The lowest BCUT2D eigenvalue weighted by molar-refractivity contribution is 0.301. The minimum atomic E-state index is 0.402. The van der Waals surface area contributed by atoms with Crippen LogP contribution in [0, 0.1) is 0 Å². The van der Waals surface area contributed by atoms with Crippen molar-refractivity contribution >= 4 is 11.6 Å². The molecule has 0 atom stereocenters. The molecule has 0 saturated heterocycles. The maximum atomic E-state index is 5.99. The summed E-state index contributed by atoms with van der Waals surface area (Å²) < 4.78 is 5.74. The van der Waals surface area contributed by atoms with Crippen LogP contribution in [0.5, 0.6) is 5.75 Å². The third-order valence-corrected chi connectivity index (χ3v) is 4.08. The second kappa shape index (κ2) is 9.38. The van der Waals surface area contributed by atoms with Gasteiger partial charge in [0.1, 0.15) is 12.4 Å². The van der Waals surface area contributed by atoms with Crippen LogP contribution >= 0.6 is 0 Å². The van der Waals surface area contributed by atoms with Crippen molar-refractivity contribution < 1.29 is 4.74 Å². The zero-order valence-electron chi connectivity index (χ0n) is 15.4. The number of anilines is 1. The first kappa shape index (κ1) is 18.5. The molecule has 5 nitrogen and oxygen atoms in total. The zero-order valence-corrected chi connectivity index (χ0v) is 15.4. The Morgan fingerprint density at radius 2 is 1.89 bits per heavy atom. The number of hydrogen-bond acceptors (Lipinski definition) is 3. The summed E-state index contributed by atoms with van der Waals surface area (Å²) >= 11 is 0. The van der Waals surface area contributed by atoms with Gasteiger partial charge in [-0.2, -0.15) is 0 Å². The molecule has 1 heterocycles. The topological polar surface area (TPSA) is 72.5 Å². The van der Waals surface area contributed by atoms with Gasteiger partial charge in [-0.15, -0.1) is 0 Å². The molecular formula is C22H24N4O. The van der Waals surface area contributed by atoms with Gasteiger partial charge in [0.15, 0.2) is 5.96 Å². The highest BCUT2D eigenvalue weighted by Gasteiger charge is 1.99. The third kappa shape index (κ3) is 5.85. The van der Waals surface area contributed by atoms with Gasteiger partial charge in [0.05, 0.1) is 12.2 Å². The monoisotopic (exact) mass is 360 g/mol. The molecule has 0 aliphatic carbocycles. The predicted octanol–water partition coefficient (Wildman–Crippen LogP) is 4.15. The van der Waals surface area contributed by atoms with Gasteiger partial charge in [0.25, 0.3) is 0 Å². The number of aromatic nitrogens is 1. The van der Waals surface area contributed by atoms with E-state index in [1.165, 1.54) is 5.56 Å². The van der Waals surface area contributed by atoms with Crippen molar-refractivity contribution in [3.05, 3.63) is 89.7 Å². The quantitative estimate of drug-likeness (QED) is 0.490. The average Bonchev–Trinajstić information content (AvgIpc) is 2.72. The lowest BCUT2D eigenvalue weighted by Crippen LogP contribution is -2.22. The molecule has 1 aromatic heterocycles. The molecule has 5 heteroatoms. The van der Waals surface area contributed by atoms with Gasteiger partial charge in [0.2, 0.25) is 0 Å². The second-order valence-electron chi connectivity index (χ2n) is 6.13. The molecule has 0 fully saturated rings. The van der Waals surface area contributed by atoms with Crippen LogP contribution in [-0.2, 0) is 19.6 Å². The fraction of sp³-hybridized carbons (Fsp3) is 0.182. The lowest BCUT2D eigenvalue weighted by atomic mass is 10.1. The number of nitrogens with zero attached hydrogens (tertiary/aromatic N) is 2. The van der Waals surface area contributed by atoms with Crippen LogP contribution in [0.3, 0.4) is 0 Å². The molecular weight excluding hydrogens is 336 g/mol. The van der Waals surface area contributed by atoms with Crippen molar-refractivity contribution in [2.75, 3.05) is 5.32 Å². The maximum absolute atomic E-state index is 5.99. The van der Waals surface area contributed by atoms with E-state index in [1.807, 2.05) is 54.6 Å². The fourth-order valence-corrected chi connectivity index (χ4v) is 2.56. The summed E-state index contributed by atoms with van der Waals surface area (Å²) in [5, 5.41) is 3.13. The van der Waals surface area contributed by atoms with Crippen molar-refractivity contribution in [1.82, 2.24) is 4.98 Å². The second-order valence-corrected chi connectivity index (χ2v) is 6.13. The Bertz CT molecular complexity index is 876. The number of nitrogens with two attached hydrogens (primary N) is 1. The molecule has 0 spiro atoms. The van der Waals surface area contributed by atoms with Crippen LogP contribution in [-0.4, -0.2) is 10.9 Å². The Hall–Kier alpha value is -3.34. The largest absolute Gasteiger partial charge is 0.487 e. The summed E-state index contributed by atoms with van der Waals surface area (Å²) in [6.45, 7) is 3.08. The van der Waals surface area contributed by atoms with E-state index in [-0.39, 0.29) is 0 Å². The van der Waals surface area contributed by atoms with E-state index in [4.69, 9.17) is 10.5 Å². The van der Waals surface area contributed by atoms with E-state index in [0.29, 0.717) is 19.1 Å². The van der Waals surface area contributed by atoms with Crippen molar-refractivity contribution in [3.63, 3.8) is 0 Å². The molecule has 138 valence electrons. The smallest absolute Gasteiger partial charge is 0.193 e. The normalized spacial score (nSPS) is 11.2. The van der Waals surface area contributed by atoms with Crippen molar-refractivity contribution in [1.29, 1.82) is 0 Å². The van der Waals surface area contributed by atoms with Gasteiger partial charge < -0.3 is 15.8 Å². The van der Waals surface area contributed by atoms with Crippen molar-refractivity contribution in [3.8, 4) is 5.75 Å². The highest BCUT2D eigenvalue weighted by molar-refractivity contribution is 5.92. The summed E-state index contributed by atoms with van der Waals surface area (Å²) in [7, 11) is 0. The Kier molecular flexibility index (Phi) is 6.41. The van der Waals surface area contributed by atoms with E-state index in [9.17, 15) is 0 Å². The SMILES string of the molecule is CCc1cccc(NC(N)=NCc2ccc(OCc3ccccn3)cc2)c1. The number of pyridine rings is 1. The highest BCUT2D eigenvalue weighted by Crippen LogP contribution is 2.15. The molecule has 0 amide bonds. The lowest BCUT2D eigenvalue weighted by Gasteiger charge is -2.08. The van der Waals surface area contributed by atoms with E-state index in [1.54, 1.807) is 6.20 Å². The molecule has 0 aliphatic heterocycles. The van der Waals surface area contributed by atoms with Gasteiger partial charge in [0, 0.05) is 11.9 Å². The summed E-state index contributed by atoms with van der Waals surface area (Å²) in [5.74, 6) is 1.20. The molecule has 3 aromatic rings. The number of rotatable bonds is 7. The number of aliphatic imine (C=N–C) groups is 1. The molecule has 0 unspecified atom stereocenters. The molecule has 0 bridgehead atoms. The fourth-order valence-electron chi connectivity index (χ4n) is 2.56. The first-order chi connectivity index (χ1) is 13.2. The highest BCUT2D eigenvalue weighted by atomic mass is 16.5. The van der Waals surface area contributed by atoms with Crippen molar-refractivity contribution in [2.24, 2.45) is 10.7 Å². The number of nitrogens with one attached hydrogen (secondary N) is 1. The van der Waals surface area contributed by atoms with Gasteiger partial charge in [-0.1, -0.05) is 37.3 Å². The van der Waals surface area contributed by atoms with Crippen LogP contribution in [0.25, 0.3) is 0 Å². The van der Waals surface area contributed by atoms with Crippen LogP contribution in [0.15, 0.2) is 77.9 Å². The first-order valence-corrected chi connectivity index (χ1v) is 9.00. The van der Waals surface area contributed by atoms with Crippen LogP contribution in [0.4, 0.5) is 5.69 Å². The van der Waals surface area contributed by atoms with Crippen LogP contribution in [0.1, 0.15) is 23.7 Å². The molecule has 3 rings (SSSR count). The first-order valence-electron chi connectivity index (χ1n) is 9.00. The Morgan fingerprint density at radius 1 is 1.04 bits per heavy atom. The summed E-state index contributed by atoms with van der Waals surface area (Å²) in [6.07, 6.45) is 2.75. The van der Waals surface area contributed by atoms with Crippen molar-refractivity contribution in [2.45, 2.75) is 26.5 Å². The molecule has 0 saturated carbocycles. The minimum absolute atomic E-state index is 0.402. The van der Waals surface area contributed by atoms with Gasteiger partial charge in [-0.3, -0.25) is 4.98 Å². The summed E-state index contributed by atoms with van der Waals surface area (Å²) in [4.78, 5) is 8.64. The Morgan fingerprint density at radius 3 is 2.63 bits per heavy atom. The minimum Gasteiger partial charge on any atom is -0.487 e. The Balaban J connectivity index is 1.52. The molecule has 3 N–H and O–H groups in total. The number of ether oxygens (including phenoxy) is 1. The average molecular weight is 360 g/mol. The van der Waals surface area contributed by atoms with Gasteiger partial charge >= 0.3 is 0 Å². The molecule has 2 aromatic carbocycles. The molecule has 27 heavy (non-hydrogen) atoms. The number of aryl methyl sites for hydroxylation is 1. The number of benzene rings is 2. The van der Waals surface area contributed by atoms with Crippen LogP contribution < -0.4 is 15.8 Å². The maximum Gasteiger partial charge on any atom is 0.193 e. The standard InChI is InChI=1S/C22H24N4O/c1-2-17-6-5-8-19(14-17)26-22(23)25-15-18-9-11-21(12-10-18)27-16-20-7-3-4-13-24-20/h3-14H,2,15-16H2,1H3,(H3,23,25,26). The van der Waals surface area contributed by atoms with Gasteiger partial charge in [-0.05, 0) is 53.9 Å². The third-order valence-electron chi connectivity index (χ3n) is 4.08. The predicted molar refractivity (Wildman–Crippen MR) is 110 cm³/mol. The summed E-state index contributed by atoms with van der Waals surface area (Å²) in [5.41, 5.74) is 10.2. The zero-order chi connectivity index (χ0) is 18.9. The van der Waals surface area contributed by atoms with E-state index in [0.717, 1.165) is 29.1 Å². The van der Waals surface area contributed by atoms with Crippen LogP contribution in [0.2, 0.25) is 0 Å².